The smallest absolute Gasteiger partial charge is 0.0886 e. The maximum atomic E-state index is 4.76. The van der Waals surface area contributed by atoms with Gasteiger partial charge in [-0.05, 0) is 97.5 Å². The number of hydrogen-bond donors (Lipinski definition) is 0. The van der Waals surface area contributed by atoms with E-state index >= 15 is 0 Å². The lowest BCUT2D eigenvalue weighted by atomic mass is 9.95. The van der Waals surface area contributed by atoms with E-state index in [0.29, 0.717) is 0 Å². The van der Waals surface area contributed by atoms with Crippen molar-refractivity contribution in [1.29, 1.82) is 0 Å². The van der Waals surface area contributed by atoms with Gasteiger partial charge < -0.3 is 9.80 Å². The first-order valence-corrected chi connectivity index (χ1v) is 11.7. The summed E-state index contributed by atoms with van der Waals surface area (Å²) >= 11 is 0. The van der Waals surface area contributed by atoms with Crippen LogP contribution in [-0.2, 0) is 0 Å². The number of aromatic nitrogens is 2. The van der Waals surface area contributed by atoms with Crippen LogP contribution in [0.2, 0.25) is 0 Å². The Labute approximate surface area is 203 Å². The van der Waals surface area contributed by atoms with E-state index in [9.17, 15) is 0 Å². The zero-order chi connectivity index (χ0) is 24.6. The molecule has 0 aliphatic carbocycles. The summed E-state index contributed by atoms with van der Waals surface area (Å²) in [5.41, 5.74) is 14.0. The molecule has 0 N–H and O–H groups in total. The average Bonchev–Trinajstić information content (AvgIpc) is 2.79. The van der Waals surface area contributed by atoms with Gasteiger partial charge in [-0.1, -0.05) is 12.1 Å². The number of anilines is 2. The summed E-state index contributed by atoms with van der Waals surface area (Å²) in [6, 6.07) is 17.3. The second kappa shape index (κ2) is 9.30. The number of rotatable bonds is 5. The molecule has 0 saturated carbocycles. The Morgan fingerprint density at radius 2 is 0.824 bits per heavy atom. The van der Waals surface area contributed by atoms with Crippen LogP contribution in [0.15, 0.2) is 60.9 Å². The molecule has 4 aromatic rings. The summed E-state index contributed by atoms with van der Waals surface area (Å²) in [6.45, 7) is 8.66. The predicted molar refractivity (Wildman–Crippen MR) is 146 cm³/mol. The average molecular weight is 451 g/mol. The molecule has 0 aliphatic heterocycles. The van der Waals surface area contributed by atoms with Crippen molar-refractivity contribution in [1.82, 2.24) is 9.97 Å². The largest absolute Gasteiger partial charge is 0.378 e. The van der Waals surface area contributed by atoms with Crippen molar-refractivity contribution in [3.63, 3.8) is 0 Å². The quantitative estimate of drug-likeness (QED) is 0.333. The number of hydrogen-bond acceptors (Lipinski definition) is 4. The Morgan fingerprint density at radius 1 is 0.500 bits per heavy atom. The highest BCUT2D eigenvalue weighted by Crippen LogP contribution is 2.33. The van der Waals surface area contributed by atoms with E-state index in [1.54, 1.807) is 0 Å². The van der Waals surface area contributed by atoms with Gasteiger partial charge in [0.15, 0.2) is 0 Å². The van der Waals surface area contributed by atoms with Crippen molar-refractivity contribution in [3.8, 4) is 33.6 Å². The lowest BCUT2D eigenvalue weighted by Gasteiger charge is -2.18. The Hall–Kier alpha value is -3.66. The number of aryl methyl sites for hydroxylation is 4. The van der Waals surface area contributed by atoms with Gasteiger partial charge >= 0.3 is 0 Å². The molecule has 0 aliphatic rings. The lowest BCUT2D eigenvalue weighted by molar-refractivity contribution is 1.12. The fourth-order valence-corrected chi connectivity index (χ4v) is 4.69. The van der Waals surface area contributed by atoms with Crippen molar-refractivity contribution >= 4 is 11.4 Å². The Morgan fingerprint density at radius 3 is 1.06 bits per heavy atom. The molecule has 2 aromatic heterocycles. The minimum Gasteiger partial charge on any atom is -0.378 e. The Kier molecular flexibility index (Phi) is 6.43. The fraction of sp³-hybridized carbons (Fsp3) is 0.267. The van der Waals surface area contributed by atoms with Crippen molar-refractivity contribution in [2.45, 2.75) is 27.7 Å². The minimum atomic E-state index is 0.881. The summed E-state index contributed by atoms with van der Waals surface area (Å²) in [5, 5.41) is 0. The molecule has 0 atom stereocenters. The van der Waals surface area contributed by atoms with Crippen molar-refractivity contribution in [2.75, 3.05) is 38.0 Å². The van der Waals surface area contributed by atoms with Crippen LogP contribution in [0, 0.1) is 27.7 Å². The monoisotopic (exact) mass is 450 g/mol. The van der Waals surface area contributed by atoms with E-state index in [0.717, 1.165) is 22.5 Å². The molecule has 2 aromatic carbocycles. The molecule has 0 amide bonds. The molecule has 0 unspecified atom stereocenters. The van der Waals surface area contributed by atoms with Gasteiger partial charge in [0.25, 0.3) is 0 Å². The number of benzene rings is 2. The van der Waals surface area contributed by atoms with Gasteiger partial charge in [0.1, 0.15) is 0 Å². The standard InChI is InChI=1S/C30H34N4/c1-19-13-25(33(5)6)14-20(2)29(19)23-9-11-27(31-17-23)28-12-10-24(18-32-28)30-21(3)15-26(34(7)8)16-22(30)4/h9-18H,1-8H3. The first-order chi connectivity index (χ1) is 16.2. The fourth-order valence-electron chi connectivity index (χ4n) is 4.69. The Bertz CT molecular complexity index is 1170. The van der Waals surface area contributed by atoms with Crippen LogP contribution in [-0.4, -0.2) is 38.2 Å². The van der Waals surface area contributed by atoms with Gasteiger partial charge in [-0.15, -0.1) is 0 Å². The van der Waals surface area contributed by atoms with Gasteiger partial charge in [0, 0.05) is 63.1 Å². The van der Waals surface area contributed by atoms with Crippen molar-refractivity contribution in [3.05, 3.63) is 83.2 Å². The van der Waals surface area contributed by atoms with E-state index in [4.69, 9.17) is 9.97 Å². The first kappa shape index (κ1) is 23.5. The van der Waals surface area contributed by atoms with Crippen LogP contribution in [0.4, 0.5) is 11.4 Å². The van der Waals surface area contributed by atoms with E-state index in [2.05, 4.69) is 114 Å². The van der Waals surface area contributed by atoms with Crippen LogP contribution >= 0.6 is 0 Å². The van der Waals surface area contributed by atoms with E-state index in [-0.39, 0.29) is 0 Å². The number of pyridine rings is 2. The van der Waals surface area contributed by atoms with Gasteiger partial charge in [-0.2, -0.15) is 0 Å². The molecule has 0 bridgehead atoms. The second-order valence-corrected chi connectivity index (χ2v) is 9.56. The van der Waals surface area contributed by atoms with Crippen LogP contribution in [0.1, 0.15) is 22.3 Å². The molecule has 34 heavy (non-hydrogen) atoms. The van der Waals surface area contributed by atoms with Crippen LogP contribution in [0.3, 0.4) is 0 Å². The normalized spacial score (nSPS) is 10.9. The van der Waals surface area contributed by atoms with Crippen LogP contribution in [0.5, 0.6) is 0 Å². The highest BCUT2D eigenvalue weighted by atomic mass is 15.1. The van der Waals surface area contributed by atoms with Gasteiger partial charge in [0.05, 0.1) is 11.4 Å². The minimum absolute atomic E-state index is 0.881. The second-order valence-electron chi connectivity index (χ2n) is 9.56. The van der Waals surface area contributed by atoms with Crippen molar-refractivity contribution in [2.24, 2.45) is 0 Å². The number of nitrogens with zero attached hydrogens (tertiary/aromatic N) is 4. The third-order valence-electron chi connectivity index (χ3n) is 6.43. The van der Waals surface area contributed by atoms with Gasteiger partial charge in [0.2, 0.25) is 0 Å². The van der Waals surface area contributed by atoms with E-state index in [1.807, 2.05) is 12.4 Å². The highest BCUT2D eigenvalue weighted by Gasteiger charge is 2.12. The summed E-state index contributed by atoms with van der Waals surface area (Å²) in [4.78, 5) is 13.8. The summed E-state index contributed by atoms with van der Waals surface area (Å²) in [6.07, 6.45) is 3.92. The summed E-state index contributed by atoms with van der Waals surface area (Å²) in [5.74, 6) is 0. The Balaban J connectivity index is 1.62. The molecular weight excluding hydrogens is 416 g/mol. The van der Waals surface area contributed by atoms with Gasteiger partial charge in [-0.25, -0.2) is 0 Å². The maximum Gasteiger partial charge on any atom is 0.0886 e. The molecule has 4 nitrogen and oxygen atoms in total. The molecule has 0 saturated heterocycles. The molecule has 4 rings (SSSR count). The topological polar surface area (TPSA) is 32.3 Å². The predicted octanol–water partition coefficient (Wildman–Crippen LogP) is 6.84. The SMILES string of the molecule is Cc1cc(N(C)C)cc(C)c1-c1ccc(-c2ccc(-c3c(C)cc(N(C)C)cc3C)cn2)nc1. The zero-order valence-corrected chi connectivity index (χ0v) is 21.6. The highest BCUT2D eigenvalue weighted by molar-refractivity contribution is 5.76. The van der Waals surface area contributed by atoms with Crippen LogP contribution < -0.4 is 9.80 Å². The molecule has 4 heteroatoms. The molecule has 0 spiro atoms. The summed E-state index contributed by atoms with van der Waals surface area (Å²) in [7, 11) is 8.29. The zero-order valence-electron chi connectivity index (χ0n) is 21.6. The van der Waals surface area contributed by atoms with Crippen LogP contribution in [0.25, 0.3) is 33.6 Å². The van der Waals surface area contributed by atoms with Crippen molar-refractivity contribution < 1.29 is 0 Å². The third-order valence-corrected chi connectivity index (χ3v) is 6.43. The lowest BCUT2D eigenvalue weighted by Crippen LogP contribution is -2.09. The molecule has 0 radical (unpaired) electrons. The summed E-state index contributed by atoms with van der Waals surface area (Å²) < 4.78 is 0. The van der Waals surface area contributed by atoms with E-state index in [1.165, 1.54) is 44.8 Å². The first-order valence-electron chi connectivity index (χ1n) is 11.7. The molecule has 174 valence electrons. The maximum absolute atomic E-state index is 4.76. The molecule has 0 fully saturated rings. The molecule has 2 heterocycles. The van der Waals surface area contributed by atoms with E-state index < -0.39 is 0 Å². The molecular formula is C30H34N4. The third kappa shape index (κ3) is 4.54. The van der Waals surface area contributed by atoms with Gasteiger partial charge in [-0.3, -0.25) is 9.97 Å².